The molecular weight excluding hydrogens is 226 g/mol. The number of benzene rings is 1. The summed E-state index contributed by atoms with van der Waals surface area (Å²) < 4.78 is 5.45. The molecule has 1 aliphatic heterocycles. The fourth-order valence-electron chi connectivity index (χ4n) is 2.37. The molecule has 1 aliphatic rings. The highest BCUT2D eigenvalue weighted by atomic mass is 16.5. The predicted octanol–water partition coefficient (Wildman–Crippen LogP) is 2.67. The van der Waals surface area contributed by atoms with Crippen molar-refractivity contribution in [2.24, 2.45) is 0 Å². The summed E-state index contributed by atoms with van der Waals surface area (Å²) in [5, 5.41) is 2.92. The van der Waals surface area contributed by atoms with E-state index in [2.05, 4.69) is 32.2 Å². The van der Waals surface area contributed by atoms with Crippen LogP contribution in [-0.2, 0) is 11.8 Å². The van der Waals surface area contributed by atoms with E-state index in [1.807, 2.05) is 6.07 Å². The van der Waals surface area contributed by atoms with Gasteiger partial charge in [-0.25, -0.2) is 0 Å². The van der Waals surface area contributed by atoms with Crippen LogP contribution in [0.25, 0.3) is 0 Å². The maximum absolute atomic E-state index is 12.0. The molecule has 0 atom stereocenters. The first-order valence-corrected chi connectivity index (χ1v) is 6.43. The van der Waals surface area contributed by atoms with Gasteiger partial charge in [0.05, 0.1) is 7.11 Å². The molecule has 1 N–H and O–H groups in total. The number of methoxy groups -OCH3 is 1. The van der Waals surface area contributed by atoms with Gasteiger partial charge in [0.25, 0.3) is 5.91 Å². The van der Waals surface area contributed by atoms with E-state index in [0.717, 1.165) is 36.3 Å². The Balaban J connectivity index is 2.59. The van der Waals surface area contributed by atoms with Crippen LogP contribution in [0.1, 0.15) is 48.7 Å². The van der Waals surface area contributed by atoms with E-state index in [1.54, 1.807) is 7.11 Å². The lowest BCUT2D eigenvalue weighted by atomic mass is 9.83. The molecule has 2 rings (SSSR count). The number of fused-ring (bicyclic) bond motifs is 1. The minimum absolute atomic E-state index is 0.0151. The van der Waals surface area contributed by atoms with Crippen molar-refractivity contribution in [3.8, 4) is 5.75 Å². The second-order valence-electron chi connectivity index (χ2n) is 5.82. The third kappa shape index (κ3) is 2.35. The highest BCUT2D eigenvalue weighted by molar-refractivity contribution is 5.96. The fraction of sp³-hybridized carbons (Fsp3) is 0.533. The number of amides is 1. The molecule has 1 aromatic rings. The number of nitrogens with one attached hydrogen (secondary N) is 1. The first-order valence-electron chi connectivity index (χ1n) is 6.43. The Bertz CT molecular complexity index is 472. The number of rotatable bonds is 1. The normalized spacial score (nSPS) is 15.7. The first-order chi connectivity index (χ1) is 8.43. The van der Waals surface area contributed by atoms with Gasteiger partial charge in [-0.1, -0.05) is 26.8 Å². The summed E-state index contributed by atoms with van der Waals surface area (Å²) >= 11 is 0. The van der Waals surface area contributed by atoms with Crippen molar-refractivity contribution in [2.45, 2.75) is 39.0 Å². The lowest BCUT2D eigenvalue weighted by Crippen LogP contribution is -2.23. The highest BCUT2D eigenvalue weighted by Crippen LogP contribution is 2.34. The van der Waals surface area contributed by atoms with E-state index in [4.69, 9.17) is 4.74 Å². The number of hydrogen-bond acceptors (Lipinski definition) is 2. The van der Waals surface area contributed by atoms with Crippen molar-refractivity contribution in [1.29, 1.82) is 0 Å². The Morgan fingerprint density at radius 1 is 1.28 bits per heavy atom. The lowest BCUT2D eigenvalue weighted by Gasteiger charge is -2.23. The molecule has 0 unspecified atom stereocenters. The summed E-state index contributed by atoms with van der Waals surface area (Å²) in [5.74, 6) is 0.819. The van der Waals surface area contributed by atoms with Gasteiger partial charge < -0.3 is 10.1 Å². The summed E-state index contributed by atoms with van der Waals surface area (Å²) in [4.78, 5) is 12.0. The number of carbonyl (C=O) groups is 1. The summed E-state index contributed by atoms with van der Waals surface area (Å²) in [6.45, 7) is 7.23. The Labute approximate surface area is 109 Å². The number of aryl methyl sites for hydroxylation is 1. The number of ether oxygens (including phenoxy) is 1. The molecule has 0 bridgehead atoms. The van der Waals surface area contributed by atoms with Gasteiger partial charge in [-0.05, 0) is 35.4 Å². The van der Waals surface area contributed by atoms with Crippen LogP contribution in [0.3, 0.4) is 0 Å². The molecule has 1 amide bonds. The van der Waals surface area contributed by atoms with Crippen LogP contribution >= 0.6 is 0 Å². The van der Waals surface area contributed by atoms with Crippen LogP contribution in [0, 0.1) is 0 Å². The van der Waals surface area contributed by atoms with E-state index in [-0.39, 0.29) is 11.3 Å². The zero-order chi connectivity index (χ0) is 13.3. The number of hydrogen-bond donors (Lipinski definition) is 1. The minimum atomic E-state index is 0.0151. The predicted molar refractivity (Wildman–Crippen MR) is 72.3 cm³/mol. The van der Waals surface area contributed by atoms with Gasteiger partial charge in [0.2, 0.25) is 0 Å². The second-order valence-corrected chi connectivity index (χ2v) is 5.82. The largest absolute Gasteiger partial charge is 0.496 e. The molecule has 0 fully saturated rings. The van der Waals surface area contributed by atoms with Crippen LogP contribution < -0.4 is 10.1 Å². The van der Waals surface area contributed by atoms with Crippen molar-refractivity contribution in [3.63, 3.8) is 0 Å². The molecule has 18 heavy (non-hydrogen) atoms. The summed E-state index contributed by atoms with van der Waals surface area (Å²) in [7, 11) is 1.66. The average molecular weight is 247 g/mol. The molecule has 98 valence electrons. The summed E-state index contributed by atoms with van der Waals surface area (Å²) in [5.41, 5.74) is 3.08. The van der Waals surface area contributed by atoms with Gasteiger partial charge in [-0.3, -0.25) is 4.79 Å². The molecule has 1 aromatic carbocycles. The molecule has 1 heterocycles. The SMILES string of the molecule is COc1cc2c(cc1C(C)(C)C)CCCNC2=O. The van der Waals surface area contributed by atoms with Crippen molar-refractivity contribution < 1.29 is 9.53 Å². The topological polar surface area (TPSA) is 38.3 Å². The zero-order valence-electron chi connectivity index (χ0n) is 11.6. The van der Waals surface area contributed by atoms with Crippen LogP contribution in [-0.4, -0.2) is 19.6 Å². The molecule has 0 radical (unpaired) electrons. The zero-order valence-corrected chi connectivity index (χ0v) is 11.6. The van der Waals surface area contributed by atoms with Crippen molar-refractivity contribution in [2.75, 3.05) is 13.7 Å². The smallest absolute Gasteiger partial charge is 0.251 e. The highest BCUT2D eigenvalue weighted by Gasteiger charge is 2.24. The van der Waals surface area contributed by atoms with E-state index in [0.29, 0.717) is 0 Å². The van der Waals surface area contributed by atoms with Crippen molar-refractivity contribution in [3.05, 3.63) is 28.8 Å². The van der Waals surface area contributed by atoms with Gasteiger partial charge in [-0.2, -0.15) is 0 Å². The Morgan fingerprint density at radius 2 is 2.00 bits per heavy atom. The Morgan fingerprint density at radius 3 is 2.61 bits per heavy atom. The van der Waals surface area contributed by atoms with Crippen LogP contribution in [0.4, 0.5) is 0 Å². The minimum Gasteiger partial charge on any atom is -0.496 e. The fourth-order valence-corrected chi connectivity index (χ4v) is 2.37. The average Bonchev–Trinajstić information content (AvgIpc) is 2.49. The van der Waals surface area contributed by atoms with Gasteiger partial charge in [0, 0.05) is 12.1 Å². The summed E-state index contributed by atoms with van der Waals surface area (Å²) in [6, 6.07) is 4.02. The van der Waals surface area contributed by atoms with E-state index >= 15 is 0 Å². The van der Waals surface area contributed by atoms with Crippen molar-refractivity contribution in [1.82, 2.24) is 5.32 Å². The Kier molecular flexibility index (Phi) is 3.33. The molecule has 0 saturated carbocycles. The maximum atomic E-state index is 12.0. The second kappa shape index (κ2) is 4.63. The third-order valence-corrected chi connectivity index (χ3v) is 3.39. The quantitative estimate of drug-likeness (QED) is 0.828. The lowest BCUT2D eigenvalue weighted by molar-refractivity contribution is 0.0955. The van der Waals surface area contributed by atoms with Gasteiger partial charge >= 0.3 is 0 Å². The third-order valence-electron chi connectivity index (χ3n) is 3.39. The number of carbonyl (C=O) groups excluding carboxylic acids is 1. The van der Waals surface area contributed by atoms with E-state index < -0.39 is 0 Å². The van der Waals surface area contributed by atoms with Crippen LogP contribution in [0.2, 0.25) is 0 Å². The Hall–Kier alpha value is -1.51. The maximum Gasteiger partial charge on any atom is 0.251 e. The summed E-state index contributed by atoms with van der Waals surface area (Å²) in [6.07, 6.45) is 1.94. The van der Waals surface area contributed by atoms with Crippen LogP contribution in [0.5, 0.6) is 5.75 Å². The molecule has 0 saturated heterocycles. The molecular formula is C15H21NO2. The van der Waals surface area contributed by atoms with Crippen molar-refractivity contribution >= 4 is 5.91 Å². The molecule has 3 heteroatoms. The monoisotopic (exact) mass is 247 g/mol. The molecule has 3 nitrogen and oxygen atoms in total. The molecule has 0 aromatic heterocycles. The standard InChI is InChI=1S/C15H21NO2/c1-15(2,3)12-8-10-6-5-7-16-14(17)11(10)9-13(12)18-4/h8-9H,5-7H2,1-4H3,(H,16,17). The van der Waals surface area contributed by atoms with E-state index in [9.17, 15) is 4.79 Å². The van der Waals surface area contributed by atoms with E-state index in [1.165, 1.54) is 5.56 Å². The van der Waals surface area contributed by atoms with Gasteiger partial charge in [0.1, 0.15) is 5.75 Å². The first kappa shape index (κ1) is 12.9. The van der Waals surface area contributed by atoms with Crippen LogP contribution in [0.15, 0.2) is 12.1 Å². The molecule has 0 spiro atoms. The molecule has 0 aliphatic carbocycles. The van der Waals surface area contributed by atoms with Gasteiger partial charge in [0.15, 0.2) is 0 Å². The van der Waals surface area contributed by atoms with Gasteiger partial charge in [-0.15, -0.1) is 0 Å².